The van der Waals surface area contributed by atoms with Crippen molar-refractivity contribution in [1.82, 2.24) is 5.32 Å². The summed E-state index contributed by atoms with van der Waals surface area (Å²) in [5.41, 5.74) is -1.41. The van der Waals surface area contributed by atoms with Crippen molar-refractivity contribution >= 4 is 11.9 Å². The van der Waals surface area contributed by atoms with Gasteiger partial charge in [0.2, 0.25) is 5.91 Å². The Hall–Kier alpha value is -1.06. The van der Waals surface area contributed by atoms with Gasteiger partial charge in [0, 0.05) is 12.5 Å². The van der Waals surface area contributed by atoms with E-state index in [-0.39, 0.29) is 17.8 Å². The van der Waals surface area contributed by atoms with Crippen LogP contribution in [0.2, 0.25) is 0 Å². The SMILES string of the molecule is CC(C)(C)OC(=O)C12CCCC1CNC2=O. The van der Waals surface area contributed by atoms with Crippen LogP contribution in [-0.4, -0.2) is 24.0 Å². The normalized spacial score (nSPS) is 33.4. The summed E-state index contributed by atoms with van der Waals surface area (Å²) in [6.45, 7) is 6.12. The van der Waals surface area contributed by atoms with E-state index >= 15 is 0 Å². The molecule has 0 bridgehead atoms. The maximum atomic E-state index is 12.2. The highest BCUT2D eigenvalue weighted by atomic mass is 16.6. The fraction of sp³-hybridized carbons (Fsp3) is 0.833. The van der Waals surface area contributed by atoms with Crippen LogP contribution in [0.4, 0.5) is 0 Å². The average molecular weight is 225 g/mol. The molecule has 0 aromatic heterocycles. The number of ether oxygens (including phenoxy) is 1. The zero-order valence-corrected chi connectivity index (χ0v) is 10.1. The van der Waals surface area contributed by atoms with Gasteiger partial charge in [-0.25, -0.2) is 0 Å². The van der Waals surface area contributed by atoms with Gasteiger partial charge < -0.3 is 10.1 Å². The Morgan fingerprint density at radius 3 is 2.81 bits per heavy atom. The quantitative estimate of drug-likeness (QED) is 0.539. The summed E-state index contributed by atoms with van der Waals surface area (Å²) in [4.78, 5) is 24.1. The summed E-state index contributed by atoms with van der Waals surface area (Å²) < 4.78 is 5.40. The van der Waals surface area contributed by atoms with E-state index in [4.69, 9.17) is 4.74 Å². The molecule has 1 aliphatic carbocycles. The van der Waals surface area contributed by atoms with Crippen LogP contribution in [-0.2, 0) is 14.3 Å². The highest BCUT2D eigenvalue weighted by Crippen LogP contribution is 2.47. The molecule has 0 aromatic carbocycles. The van der Waals surface area contributed by atoms with E-state index < -0.39 is 11.0 Å². The number of amides is 1. The second kappa shape index (κ2) is 3.47. The van der Waals surface area contributed by atoms with Gasteiger partial charge in [-0.1, -0.05) is 6.42 Å². The van der Waals surface area contributed by atoms with Gasteiger partial charge in [0.25, 0.3) is 0 Å². The molecule has 2 unspecified atom stereocenters. The van der Waals surface area contributed by atoms with Crippen molar-refractivity contribution in [3.63, 3.8) is 0 Å². The van der Waals surface area contributed by atoms with Crippen LogP contribution in [0.3, 0.4) is 0 Å². The topological polar surface area (TPSA) is 55.4 Å². The van der Waals surface area contributed by atoms with E-state index in [0.717, 1.165) is 12.8 Å². The Bertz CT molecular complexity index is 332. The first kappa shape index (κ1) is 11.4. The Morgan fingerprint density at radius 2 is 2.19 bits per heavy atom. The van der Waals surface area contributed by atoms with Gasteiger partial charge in [-0.15, -0.1) is 0 Å². The lowest BCUT2D eigenvalue weighted by Crippen LogP contribution is -2.44. The molecule has 4 nitrogen and oxygen atoms in total. The molecule has 0 spiro atoms. The number of fused-ring (bicyclic) bond motifs is 1. The third-order valence-electron chi connectivity index (χ3n) is 3.50. The van der Waals surface area contributed by atoms with Gasteiger partial charge in [-0.2, -0.15) is 0 Å². The molecule has 1 amide bonds. The van der Waals surface area contributed by atoms with Crippen LogP contribution in [0.15, 0.2) is 0 Å². The molecule has 1 heterocycles. The molecule has 0 aromatic rings. The molecular formula is C12H19NO3. The molecule has 2 aliphatic rings. The largest absolute Gasteiger partial charge is 0.459 e. The standard InChI is InChI=1S/C12H19NO3/c1-11(2,3)16-10(15)12-6-4-5-8(12)7-13-9(12)14/h8H,4-7H2,1-3H3,(H,13,14). The van der Waals surface area contributed by atoms with E-state index in [1.807, 2.05) is 20.8 Å². The molecule has 90 valence electrons. The van der Waals surface area contributed by atoms with Crippen LogP contribution >= 0.6 is 0 Å². The molecule has 2 atom stereocenters. The summed E-state index contributed by atoms with van der Waals surface area (Å²) in [5, 5.41) is 2.79. The molecule has 1 saturated carbocycles. The van der Waals surface area contributed by atoms with Gasteiger partial charge in [-0.05, 0) is 33.6 Å². The van der Waals surface area contributed by atoms with Gasteiger partial charge in [-0.3, -0.25) is 9.59 Å². The number of hydrogen-bond acceptors (Lipinski definition) is 3. The molecule has 0 radical (unpaired) electrons. The maximum absolute atomic E-state index is 12.2. The molecule has 1 aliphatic heterocycles. The van der Waals surface area contributed by atoms with E-state index in [0.29, 0.717) is 13.0 Å². The first-order valence-electron chi connectivity index (χ1n) is 5.88. The first-order valence-corrected chi connectivity index (χ1v) is 5.88. The second-order valence-electron chi connectivity index (χ2n) is 5.77. The zero-order valence-electron chi connectivity index (χ0n) is 10.1. The molecule has 16 heavy (non-hydrogen) atoms. The van der Waals surface area contributed by atoms with E-state index in [2.05, 4.69) is 5.32 Å². The van der Waals surface area contributed by atoms with E-state index in [9.17, 15) is 9.59 Å². The smallest absolute Gasteiger partial charge is 0.322 e. The van der Waals surface area contributed by atoms with Crippen molar-refractivity contribution in [3.05, 3.63) is 0 Å². The van der Waals surface area contributed by atoms with Gasteiger partial charge in [0.05, 0.1) is 0 Å². The molecular weight excluding hydrogens is 206 g/mol. The van der Waals surface area contributed by atoms with Crippen molar-refractivity contribution in [2.24, 2.45) is 11.3 Å². The van der Waals surface area contributed by atoms with Gasteiger partial charge in [0.1, 0.15) is 5.60 Å². The Labute approximate surface area is 95.7 Å². The van der Waals surface area contributed by atoms with Crippen molar-refractivity contribution in [2.75, 3.05) is 6.54 Å². The number of carbonyl (C=O) groups is 2. The predicted molar refractivity (Wildman–Crippen MR) is 58.6 cm³/mol. The number of hydrogen-bond donors (Lipinski definition) is 1. The fourth-order valence-electron chi connectivity index (χ4n) is 2.76. The van der Waals surface area contributed by atoms with Crippen LogP contribution < -0.4 is 5.32 Å². The Morgan fingerprint density at radius 1 is 1.50 bits per heavy atom. The van der Waals surface area contributed by atoms with E-state index in [1.54, 1.807) is 0 Å². The lowest BCUT2D eigenvalue weighted by atomic mass is 9.80. The monoisotopic (exact) mass is 225 g/mol. The van der Waals surface area contributed by atoms with Crippen molar-refractivity contribution in [3.8, 4) is 0 Å². The van der Waals surface area contributed by atoms with Crippen LogP contribution in [0.5, 0.6) is 0 Å². The number of esters is 1. The average Bonchev–Trinajstić information content (AvgIpc) is 2.65. The Kier molecular flexibility index (Phi) is 2.48. The van der Waals surface area contributed by atoms with Crippen LogP contribution in [0.1, 0.15) is 40.0 Å². The maximum Gasteiger partial charge on any atom is 0.322 e. The minimum atomic E-state index is -0.882. The summed E-state index contributed by atoms with van der Waals surface area (Å²) in [6.07, 6.45) is 2.52. The number of rotatable bonds is 1. The fourth-order valence-corrected chi connectivity index (χ4v) is 2.76. The molecule has 1 N–H and O–H groups in total. The minimum Gasteiger partial charge on any atom is -0.459 e. The van der Waals surface area contributed by atoms with Crippen molar-refractivity contribution < 1.29 is 14.3 Å². The third kappa shape index (κ3) is 1.60. The Balaban J connectivity index is 2.23. The van der Waals surface area contributed by atoms with Gasteiger partial charge in [0.15, 0.2) is 5.41 Å². The first-order chi connectivity index (χ1) is 7.36. The van der Waals surface area contributed by atoms with Crippen molar-refractivity contribution in [1.29, 1.82) is 0 Å². The lowest BCUT2D eigenvalue weighted by Gasteiger charge is -2.29. The minimum absolute atomic E-state index is 0.134. The van der Waals surface area contributed by atoms with Crippen LogP contribution in [0, 0.1) is 11.3 Å². The second-order valence-corrected chi connectivity index (χ2v) is 5.77. The van der Waals surface area contributed by atoms with Crippen LogP contribution in [0.25, 0.3) is 0 Å². The van der Waals surface area contributed by atoms with Gasteiger partial charge >= 0.3 is 5.97 Å². The third-order valence-corrected chi connectivity index (χ3v) is 3.50. The summed E-state index contributed by atoms with van der Waals surface area (Å²) >= 11 is 0. The highest BCUT2D eigenvalue weighted by molar-refractivity contribution is 6.05. The predicted octanol–water partition coefficient (Wildman–Crippen LogP) is 1.24. The number of carbonyl (C=O) groups excluding carboxylic acids is 2. The summed E-state index contributed by atoms with van der Waals surface area (Å²) in [6, 6.07) is 0. The summed E-state index contributed by atoms with van der Waals surface area (Å²) in [5.74, 6) is -0.336. The lowest BCUT2D eigenvalue weighted by molar-refractivity contribution is -0.171. The molecule has 1 saturated heterocycles. The number of nitrogens with one attached hydrogen (secondary N) is 1. The molecule has 2 rings (SSSR count). The van der Waals surface area contributed by atoms with E-state index in [1.165, 1.54) is 0 Å². The molecule has 4 heteroatoms. The highest BCUT2D eigenvalue weighted by Gasteiger charge is 2.59. The molecule has 2 fully saturated rings. The van der Waals surface area contributed by atoms with Crippen molar-refractivity contribution in [2.45, 2.75) is 45.6 Å². The zero-order chi connectivity index (χ0) is 12.0. The summed E-state index contributed by atoms with van der Waals surface area (Å²) in [7, 11) is 0.